The Bertz CT molecular complexity index is 406. The van der Waals surface area contributed by atoms with Crippen LogP contribution in [-0.4, -0.2) is 24.4 Å². The number of benzene rings is 1. The van der Waals surface area contributed by atoms with Crippen molar-refractivity contribution in [3.63, 3.8) is 0 Å². The van der Waals surface area contributed by atoms with Gasteiger partial charge in [-0.1, -0.05) is 12.1 Å². The van der Waals surface area contributed by atoms with E-state index in [1.165, 1.54) is 0 Å². The van der Waals surface area contributed by atoms with Crippen molar-refractivity contribution < 1.29 is 14.3 Å². The first kappa shape index (κ1) is 13.5. The van der Waals surface area contributed by atoms with Gasteiger partial charge in [-0.25, -0.2) is 4.79 Å². The molecule has 0 aliphatic carbocycles. The highest BCUT2D eigenvalue weighted by Crippen LogP contribution is 2.06. The van der Waals surface area contributed by atoms with Crippen LogP contribution in [0.2, 0.25) is 0 Å². The van der Waals surface area contributed by atoms with Gasteiger partial charge in [0.25, 0.3) is 0 Å². The molecule has 0 saturated carbocycles. The molecule has 0 atom stereocenters. The van der Waals surface area contributed by atoms with Crippen LogP contribution in [0.5, 0.6) is 0 Å². The molecule has 0 fully saturated rings. The van der Waals surface area contributed by atoms with E-state index >= 15 is 0 Å². The maximum Gasteiger partial charge on any atom is 0.338 e. The lowest BCUT2D eigenvalue weighted by Crippen LogP contribution is -2.23. The molecular formula is C12H14ClNO3. The molecule has 0 spiro atoms. The summed E-state index contributed by atoms with van der Waals surface area (Å²) in [6, 6.07) is 6.92. The summed E-state index contributed by atoms with van der Waals surface area (Å²) >= 11 is 5.36. The lowest BCUT2D eigenvalue weighted by Gasteiger charge is -2.06. The SMILES string of the molecule is CCOC(=O)c1cccc(CNC(=O)CCl)c1. The number of carbonyl (C=O) groups excluding carboxylic acids is 2. The molecular weight excluding hydrogens is 242 g/mol. The number of esters is 1. The molecule has 0 aliphatic heterocycles. The van der Waals surface area contributed by atoms with Crippen molar-refractivity contribution in [3.05, 3.63) is 35.4 Å². The molecule has 0 aliphatic rings. The number of rotatable bonds is 5. The number of hydrogen-bond acceptors (Lipinski definition) is 3. The highest BCUT2D eigenvalue weighted by Gasteiger charge is 2.07. The second kappa shape index (κ2) is 6.91. The lowest BCUT2D eigenvalue weighted by atomic mass is 10.1. The average Bonchev–Trinajstić information content (AvgIpc) is 2.36. The molecule has 1 aromatic rings. The second-order valence-electron chi connectivity index (χ2n) is 3.33. The van der Waals surface area contributed by atoms with E-state index in [1.807, 2.05) is 6.07 Å². The van der Waals surface area contributed by atoms with Crippen molar-refractivity contribution in [2.24, 2.45) is 0 Å². The summed E-state index contributed by atoms with van der Waals surface area (Å²) in [5, 5.41) is 2.62. The van der Waals surface area contributed by atoms with E-state index in [0.717, 1.165) is 5.56 Å². The predicted molar refractivity (Wildman–Crippen MR) is 65.0 cm³/mol. The Morgan fingerprint density at radius 2 is 2.18 bits per heavy atom. The largest absolute Gasteiger partial charge is 0.462 e. The minimum atomic E-state index is -0.363. The van der Waals surface area contributed by atoms with Crippen LogP contribution in [0.1, 0.15) is 22.8 Å². The first-order valence-electron chi connectivity index (χ1n) is 5.26. The zero-order valence-electron chi connectivity index (χ0n) is 9.53. The third kappa shape index (κ3) is 4.44. The van der Waals surface area contributed by atoms with Crippen LogP contribution in [0.4, 0.5) is 0 Å². The van der Waals surface area contributed by atoms with Crippen LogP contribution >= 0.6 is 11.6 Å². The molecule has 1 rings (SSSR count). The van der Waals surface area contributed by atoms with E-state index in [1.54, 1.807) is 25.1 Å². The van der Waals surface area contributed by atoms with Crippen molar-refractivity contribution in [2.45, 2.75) is 13.5 Å². The standard InChI is InChI=1S/C12H14ClNO3/c1-2-17-12(16)10-5-3-4-9(6-10)8-14-11(15)7-13/h3-6H,2,7-8H2,1H3,(H,14,15). The lowest BCUT2D eigenvalue weighted by molar-refractivity contribution is -0.118. The highest BCUT2D eigenvalue weighted by atomic mass is 35.5. The van der Waals surface area contributed by atoms with E-state index in [9.17, 15) is 9.59 Å². The van der Waals surface area contributed by atoms with Gasteiger partial charge in [0.2, 0.25) is 5.91 Å². The third-order valence-electron chi connectivity index (χ3n) is 2.05. The normalized spacial score (nSPS) is 9.76. The Morgan fingerprint density at radius 3 is 2.82 bits per heavy atom. The van der Waals surface area contributed by atoms with Gasteiger partial charge in [-0.15, -0.1) is 11.6 Å². The fourth-order valence-corrected chi connectivity index (χ4v) is 1.37. The summed E-state index contributed by atoms with van der Waals surface area (Å²) in [5.41, 5.74) is 1.30. The van der Waals surface area contributed by atoms with Gasteiger partial charge >= 0.3 is 5.97 Å². The maximum absolute atomic E-state index is 11.5. The Balaban J connectivity index is 2.65. The van der Waals surface area contributed by atoms with E-state index in [0.29, 0.717) is 18.7 Å². The molecule has 0 saturated heterocycles. The molecule has 5 heteroatoms. The molecule has 1 N–H and O–H groups in total. The van der Waals surface area contributed by atoms with Crippen LogP contribution < -0.4 is 5.32 Å². The van der Waals surface area contributed by atoms with Gasteiger partial charge in [0.15, 0.2) is 0 Å². The van der Waals surface area contributed by atoms with Gasteiger partial charge in [-0.05, 0) is 24.6 Å². The summed E-state index contributed by atoms with van der Waals surface area (Å²) < 4.78 is 4.88. The Labute approximate surface area is 105 Å². The summed E-state index contributed by atoms with van der Waals surface area (Å²) in [5.74, 6) is -0.677. The number of carbonyl (C=O) groups is 2. The smallest absolute Gasteiger partial charge is 0.338 e. The van der Waals surface area contributed by atoms with Crippen LogP contribution in [0.25, 0.3) is 0 Å². The van der Waals surface area contributed by atoms with Gasteiger partial charge in [-0.2, -0.15) is 0 Å². The number of ether oxygens (including phenoxy) is 1. The van der Waals surface area contributed by atoms with Crippen LogP contribution in [-0.2, 0) is 16.1 Å². The minimum absolute atomic E-state index is 0.0719. The third-order valence-corrected chi connectivity index (χ3v) is 2.29. The van der Waals surface area contributed by atoms with E-state index in [4.69, 9.17) is 16.3 Å². The fourth-order valence-electron chi connectivity index (χ4n) is 1.27. The zero-order valence-corrected chi connectivity index (χ0v) is 10.3. The predicted octanol–water partition coefficient (Wildman–Crippen LogP) is 1.72. The molecule has 0 unspecified atom stereocenters. The second-order valence-corrected chi connectivity index (χ2v) is 3.60. The Kier molecular flexibility index (Phi) is 5.49. The van der Waals surface area contributed by atoms with E-state index in [-0.39, 0.29) is 17.8 Å². The van der Waals surface area contributed by atoms with Crippen molar-refractivity contribution >= 4 is 23.5 Å². The summed E-state index contributed by atoms with van der Waals surface area (Å²) in [7, 11) is 0. The summed E-state index contributed by atoms with van der Waals surface area (Å²) in [4.78, 5) is 22.4. The van der Waals surface area contributed by atoms with Gasteiger partial charge in [-0.3, -0.25) is 4.79 Å². The summed E-state index contributed by atoms with van der Waals surface area (Å²) in [6.45, 7) is 2.44. The van der Waals surface area contributed by atoms with E-state index in [2.05, 4.69) is 5.32 Å². The van der Waals surface area contributed by atoms with Crippen molar-refractivity contribution in [1.82, 2.24) is 5.32 Å². The molecule has 92 valence electrons. The van der Waals surface area contributed by atoms with Crippen molar-refractivity contribution in [2.75, 3.05) is 12.5 Å². The minimum Gasteiger partial charge on any atom is -0.462 e. The van der Waals surface area contributed by atoms with Gasteiger partial charge < -0.3 is 10.1 Å². The number of nitrogens with one attached hydrogen (secondary N) is 1. The number of halogens is 1. The Hall–Kier alpha value is -1.55. The van der Waals surface area contributed by atoms with Gasteiger partial charge in [0, 0.05) is 6.54 Å². The maximum atomic E-state index is 11.5. The molecule has 1 aromatic carbocycles. The summed E-state index contributed by atoms with van der Waals surface area (Å²) in [6.07, 6.45) is 0. The monoisotopic (exact) mass is 255 g/mol. The molecule has 17 heavy (non-hydrogen) atoms. The van der Waals surface area contributed by atoms with Crippen LogP contribution in [0, 0.1) is 0 Å². The topological polar surface area (TPSA) is 55.4 Å². The molecule has 0 heterocycles. The molecule has 0 aromatic heterocycles. The quantitative estimate of drug-likeness (QED) is 0.644. The molecule has 4 nitrogen and oxygen atoms in total. The van der Waals surface area contributed by atoms with Crippen LogP contribution in [0.15, 0.2) is 24.3 Å². The highest BCUT2D eigenvalue weighted by molar-refractivity contribution is 6.27. The van der Waals surface area contributed by atoms with Crippen molar-refractivity contribution in [1.29, 1.82) is 0 Å². The molecule has 1 amide bonds. The van der Waals surface area contributed by atoms with E-state index < -0.39 is 0 Å². The fraction of sp³-hybridized carbons (Fsp3) is 0.333. The molecule has 0 bridgehead atoms. The number of amides is 1. The van der Waals surface area contributed by atoms with Gasteiger partial charge in [0.05, 0.1) is 12.2 Å². The Morgan fingerprint density at radius 1 is 1.41 bits per heavy atom. The number of alkyl halides is 1. The zero-order chi connectivity index (χ0) is 12.7. The van der Waals surface area contributed by atoms with Crippen molar-refractivity contribution in [3.8, 4) is 0 Å². The van der Waals surface area contributed by atoms with Gasteiger partial charge in [0.1, 0.15) is 5.88 Å². The number of hydrogen-bond donors (Lipinski definition) is 1. The first-order valence-corrected chi connectivity index (χ1v) is 5.79. The molecule has 0 radical (unpaired) electrons. The van der Waals surface area contributed by atoms with Crippen LogP contribution in [0.3, 0.4) is 0 Å². The average molecular weight is 256 g/mol. The first-order chi connectivity index (χ1) is 8.17.